The number of nitrogens with one attached hydrogen (secondary N) is 1. The predicted molar refractivity (Wildman–Crippen MR) is 147 cm³/mol. The fourth-order valence-corrected chi connectivity index (χ4v) is 5.89. The van der Waals surface area contributed by atoms with E-state index >= 15 is 4.39 Å². The number of imide groups is 1. The van der Waals surface area contributed by atoms with Crippen molar-refractivity contribution in [3.8, 4) is 11.3 Å². The van der Waals surface area contributed by atoms with E-state index in [0.29, 0.717) is 37.3 Å². The number of anilines is 1. The molecule has 40 heavy (non-hydrogen) atoms. The molecular weight excluding hydrogens is 513 g/mol. The van der Waals surface area contributed by atoms with E-state index in [0.717, 1.165) is 16.8 Å². The van der Waals surface area contributed by atoms with Crippen LogP contribution in [0.25, 0.3) is 22.2 Å². The van der Waals surface area contributed by atoms with Crippen molar-refractivity contribution in [3.05, 3.63) is 77.9 Å². The third kappa shape index (κ3) is 4.52. The van der Waals surface area contributed by atoms with Gasteiger partial charge in [0.15, 0.2) is 0 Å². The van der Waals surface area contributed by atoms with Crippen molar-refractivity contribution in [3.63, 3.8) is 0 Å². The summed E-state index contributed by atoms with van der Waals surface area (Å²) in [4.78, 5) is 31.9. The molecule has 9 nitrogen and oxygen atoms in total. The summed E-state index contributed by atoms with van der Waals surface area (Å²) >= 11 is 0. The number of halogens is 1. The van der Waals surface area contributed by atoms with Gasteiger partial charge in [0, 0.05) is 60.6 Å². The van der Waals surface area contributed by atoms with Crippen LogP contribution in [-0.4, -0.2) is 51.7 Å². The standard InChI is InChI=1S/C30H30FN5O4/c1-29(2)18-35(17-19-3-5-20(6-4-19)24-10-14-40-34-24)13-11-30(29,39)23-7-8-25-22(27(23)31)15-21(16-32-25)36-12-9-26(37)33-28(36)38/h3-8,10,14-16,39H,9,11-13,17-18H2,1-2H3,(H,33,37,38). The van der Waals surface area contributed by atoms with Crippen molar-refractivity contribution in [2.45, 2.75) is 38.8 Å². The third-order valence-corrected chi connectivity index (χ3v) is 8.22. The number of pyridine rings is 1. The lowest BCUT2D eigenvalue weighted by molar-refractivity contribution is -0.128. The average molecular weight is 544 g/mol. The van der Waals surface area contributed by atoms with Gasteiger partial charge in [-0.05, 0) is 24.1 Å². The van der Waals surface area contributed by atoms with Crippen LogP contribution in [0, 0.1) is 11.2 Å². The van der Waals surface area contributed by atoms with E-state index in [-0.39, 0.29) is 29.8 Å². The summed E-state index contributed by atoms with van der Waals surface area (Å²) in [7, 11) is 0. The quantitative estimate of drug-likeness (QED) is 0.379. The highest BCUT2D eigenvalue weighted by Crippen LogP contribution is 2.48. The number of nitrogens with zero attached hydrogens (tertiary/aromatic N) is 4. The number of benzene rings is 2. The van der Waals surface area contributed by atoms with Crippen LogP contribution in [0.3, 0.4) is 0 Å². The molecule has 6 rings (SSSR count). The molecule has 2 saturated heterocycles. The van der Waals surface area contributed by atoms with Gasteiger partial charge in [-0.1, -0.05) is 49.3 Å². The summed E-state index contributed by atoms with van der Waals surface area (Å²) in [6.07, 6.45) is 3.54. The minimum absolute atomic E-state index is 0.155. The summed E-state index contributed by atoms with van der Waals surface area (Å²) < 4.78 is 21.1. The maximum atomic E-state index is 16.1. The van der Waals surface area contributed by atoms with Crippen LogP contribution in [0.4, 0.5) is 14.9 Å². The fraction of sp³-hybridized carbons (Fsp3) is 0.333. The Morgan fingerprint density at radius 1 is 1.10 bits per heavy atom. The highest BCUT2D eigenvalue weighted by atomic mass is 19.1. The number of carbonyl (C=O) groups excluding carboxylic acids is 2. The maximum Gasteiger partial charge on any atom is 0.328 e. The van der Waals surface area contributed by atoms with Crippen LogP contribution in [0.5, 0.6) is 0 Å². The third-order valence-electron chi connectivity index (χ3n) is 8.22. The molecule has 0 saturated carbocycles. The van der Waals surface area contributed by atoms with Crippen molar-refractivity contribution in [1.29, 1.82) is 0 Å². The van der Waals surface area contributed by atoms with Gasteiger partial charge in [0.1, 0.15) is 17.8 Å². The Morgan fingerprint density at radius 3 is 2.60 bits per heavy atom. The molecule has 1 unspecified atom stereocenters. The molecule has 2 N–H and O–H groups in total. The number of rotatable bonds is 5. The zero-order valence-electron chi connectivity index (χ0n) is 22.4. The monoisotopic (exact) mass is 543 g/mol. The zero-order chi connectivity index (χ0) is 28.1. The highest BCUT2D eigenvalue weighted by molar-refractivity contribution is 6.06. The van der Waals surface area contributed by atoms with Gasteiger partial charge in [-0.15, -0.1) is 0 Å². The van der Waals surface area contributed by atoms with Crippen molar-refractivity contribution in [2.75, 3.05) is 24.5 Å². The molecule has 2 aliphatic heterocycles. The van der Waals surface area contributed by atoms with Gasteiger partial charge in [-0.2, -0.15) is 0 Å². The molecule has 0 spiro atoms. The van der Waals surface area contributed by atoms with E-state index in [4.69, 9.17) is 4.52 Å². The topological polar surface area (TPSA) is 112 Å². The second kappa shape index (κ2) is 9.79. The summed E-state index contributed by atoms with van der Waals surface area (Å²) in [6, 6.07) is 14.3. The van der Waals surface area contributed by atoms with E-state index in [1.807, 2.05) is 32.0 Å². The molecule has 2 aliphatic rings. The number of urea groups is 1. The Labute approximate surface area is 230 Å². The van der Waals surface area contributed by atoms with Crippen LogP contribution in [-0.2, 0) is 16.9 Å². The van der Waals surface area contributed by atoms with Crippen LogP contribution in [0.1, 0.15) is 37.8 Å². The Bertz CT molecular complexity index is 1590. The number of aliphatic hydroxyl groups is 1. The molecule has 206 valence electrons. The predicted octanol–water partition coefficient (Wildman–Crippen LogP) is 4.59. The van der Waals surface area contributed by atoms with Gasteiger partial charge in [-0.3, -0.25) is 24.9 Å². The van der Waals surface area contributed by atoms with Gasteiger partial charge in [0.25, 0.3) is 0 Å². The first kappa shape index (κ1) is 26.1. The molecule has 0 aliphatic carbocycles. The molecule has 2 fully saturated rings. The van der Waals surface area contributed by atoms with Gasteiger partial charge < -0.3 is 9.63 Å². The number of fused-ring (bicyclic) bond motifs is 1. The number of piperidine rings is 1. The molecular formula is C30H30FN5O4. The fourth-order valence-electron chi connectivity index (χ4n) is 5.89. The van der Waals surface area contributed by atoms with Crippen molar-refractivity contribution < 1.29 is 23.6 Å². The summed E-state index contributed by atoms with van der Waals surface area (Å²) in [5.41, 5.74) is 1.85. The molecule has 2 aromatic heterocycles. The molecule has 2 aromatic carbocycles. The summed E-state index contributed by atoms with van der Waals surface area (Å²) in [5.74, 6) is -0.893. The average Bonchev–Trinajstić information content (AvgIpc) is 3.47. The number of carbonyl (C=O) groups is 2. The summed E-state index contributed by atoms with van der Waals surface area (Å²) in [5, 5.41) is 18.5. The number of hydrogen-bond acceptors (Lipinski definition) is 7. The molecule has 0 bridgehead atoms. The van der Waals surface area contributed by atoms with Crippen LogP contribution >= 0.6 is 0 Å². The Hall–Kier alpha value is -4.15. The molecule has 4 aromatic rings. The Balaban J connectivity index is 1.24. The number of hydrogen-bond donors (Lipinski definition) is 2. The van der Waals surface area contributed by atoms with E-state index in [9.17, 15) is 14.7 Å². The number of aromatic nitrogens is 2. The van der Waals surface area contributed by atoms with Gasteiger partial charge in [-0.25, -0.2) is 9.18 Å². The molecule has 3 amide bonds. The maximum absolute atomic E-state index is 16.1. The summed E-state index contributed by atoms with van der Waals surface area (Å²) in [6.45, 7) is 5.96. The second-order valence-electron chi connectivity index (χ2n) is 11.2. The lowest BCUT2D eigenvalue weighted by atomic mass is 9.66. The van der Waals surface area contributed by atoms with Crippen LogP contribution in [0.2, 0.25) is 0 Å². The first-order valence-corrected chi connectivity index (χ1v) is 13.3. The molecule has 1 atom stereocenters. The highest BCUT2D eigenvalue weighted by Gasteiger charge is 2.50. The minimum Gasteiger partial charge on any atom is -0.384 e. The minimum atomic E-state index is -1.41. The van der Waals surface area contributed by atoms with Crippen LogP contribution < -0.4 is 10.2 Å². The number of likely N-dealkylation sites (tertiary alicyclic amines) is 1. The smallest absolute Gasteiger partial charge is 0.328 e. The van der Waals surface area contributed by atoms with E-state index < -0.39 is 22.9 Å². The van der Waals surface area contributed by atoms with Crippen molar-refractivity contribution in [1.82, 2.24) is 20.4 Å². The van der Waals surface area contributed by atoms with Gasteiger partial charge >= 0.3 is 6.03 Å². The van der Waals surface area contributed by atoms with Gasteiger partial charge in [0.2, 0.25) is 5.91 Å². The molecule has 0 radical (unpaired) electrons. The normalized spacial score (nSPS) is 21.6. The molecule has 10 heteroatoms. The molecule has 4 heterocycles. The van der Waals surface area contributed by atoms with Gasteiger partial charge in [0.05, 0.1) is 23.0 Å². The SMILES string of the molecule is CC1(C)CN(Cc2ccc(-c3ccon3)cc2)CCC1(O)c1ccc2ncc(N3CCC(=O)NC3=O)cc2c1F. The Morgan fingerprint density at radius 2 is 1.90 bits per heavy atom. The number of amides is 3. The zero-order valence-corrected chi connectivity index (χ0v) is 22.4. The van der Waals surface area contributed by atoms with E-state index in [1.165, 1.54) is 11.1 Å². The largest absolute Gasteiger partial charge is 0.384 e. The lowest BCUT2D eigenvalue weighted by Crippen LogP contribution is -2.55. The van der Waals surface area contributed by atoms with Crippen LogP contribution in [0.15, 0.2) is 65.5 Å². The van der Waals surface area contributed by atoms with E-state index in [1.54, 1.807) is 24.5 Å². The van der Waals surface area contributed by atoms with E-state index in [2.05, 4.69) is 32.5 Å². The lowest BCUT2D eigenvalue weighted by Gasteiger charge is -2.50. The first-order valence-electron chi connectivity index (χ1n) is 13.3. The second-order valence-corrected chi connectivity index (χ2v) is 11.2. The van der Waals surface area contributed by atoms with Crippen molar-refractivity contribution >= 4 is 28.5 Å². The van der Waals surface area contributed by atoms with Crippen molar-refractivity contribution in [2.24, 2.45) is 5.41 Å². The first-order chi connectivity index (χ1) is 19.1. The Kier molecular flexibility index (Phi) is 6.39.